The van der Waals surface area contributed by atoms with Crippen LogP contribution in [0.5, 0.6) is 0 Å². The fourth-order valence-corrected chi connectivity index (χ4v) is 7.56. The zero-order valence-corrected chi connectivity index (χ0v) is 16.3. The van der Waals surface area contributed by atoms with Gasteiger partial charge in [0, 0.05) is 5.41 Å². The first-order valence-corrected chi connectivity index (χ1v) is 10.4. The maximum atomic E-state index is 12.3. The van der Waals surface area contributed by atoms with E-state index < -0.39 is 22.9 Å². The van der Waals surface area contributed by atoms with Gasteiger partial charge in [-0.25, -0.2) is 0 Å². The van der Waals surface area contributed by atoms with E-state index in [1.807, 2.05) is 6.92 Å². The normalized spacial score (nSPS) is 50.5. The number of carbonyl (C=O) groups is 2. The highest BCUT2D eigenvalue weighted by Crippen LogP contribution is 2.68. The first-order valence-electron chi connectivity index (χ1n) is 10.4. The molecule has 0 heterocycles. The number of hydrogen-bond acceptors (Lipinski definition) is 3. The van der Waals surface area contributed by atoms with Crippen molar-refractivity contribution in [1.82, 2.24) is 0 Å². The SMILES string of the molecule is CC[C@H]1CC[C@H]2[C@@H]3CCC4=CC(=O)[C@H](C(=O)O)C[C@]4(C)[C@@]3(O)CC[C@]12C. The van der Waals surface area contributed by atoms with Gasteiger partial charge in [0.15, 0.2) is 5.78 Å². The molecule has 2 N–H and O–H groups in total. The Kier molecular flexibility index (Phi) is 3.97. The minimum atomic E-state index is -1.05. The summed E-state index contributed by atoms with van der Waals surface area (Å²) in [4.78, 5) is 23.9. The molecule has 4 aliphatic rings. The Morgan fingerprint density at radius 3 is 2.58 bits per heavy atom. The zero-order chi connectivity index (χ0) is 18.9. The van der Waals surface area contributed by atoms with E-state index in [1.165, 1.54) is 19.3 Å². The molecule has 0 radical (unpaired) electrons. The first-order chi connectivity index (χ1) is 12.2. The Morgan fingerprint density at radius 2 is 1.92 bits per heavy atom. The van der Waals surface area contributed by atoms with Crippen molar-refractivity contribution >= 4 is 11.8 Å². The average molecular weight is 360 g/mol. The lowest BCUT2D eigenvalue weighted by Crippen LogP contribution is -2.64. The quantitative estimate of drug-likeness (QED) is 0.731. The molecule has 0 aliphatic heterocycles. The summed E-state index contributed by atoms with van der Waals surface area (Å²) in [6.07, 6.45) is 8.95. The number of aliphatic hydroxyl groups is 1. The molecular weight excluding hydrogens is 328 g/mol. The van der Waals surface area contributed by atoms with Crippen LogP contribution in [0.4, 0.5) is 0 Å². The third-order valence-electron chi connectivity index (χ3n) is 9.20. The molecule has 4 heteroatoms. The standard InChI is InChI=1S/C22H32O4/c1-4-13-5-7-16-17-8-6-14-11-18(23)15(19(24)25)12-21(14,3)22(17,26)10-9-20(13,16)2/h11,13,15-17,26H,4-10,12H2,1-3H3,(H,24,25)/t13-,15+,16-,17-,20+,21-,22+/m0/s1. The average Bonchev–Trinajstić information content (AvgIpc) is 2.92. The zero-order valence-electron chi connectivity index (χ0n) is 16.3. The van der Waals surface area contributed by atoms with Crippen LogP contribution in [-0.2, 0) is 9.59 Å². The van der Waals surface area contributed by atoms with Crippen molar-refractivity contribution in [2.24, 2.45) is 34.5 Å². The second-order valence-electron chi connectivity index (χ2n) is 9.86. The van der Waals surface area contributed by atoms with E-state index in [9.17, 15) is 19.8 Å². The van der Waals surface area contributed by atoms with E-state index in [0.29, 0.717) is 11.3 Å². The molecule has 3 fully saturated rings. The summed E-state index contributed by atoms with van der Waals surface area (Å²) < 4.78 is 0. The van der Waals surface area contributed by atoms with Crippen molar-refractivity contribution in [1.29, 1.82) is 0 Å². The van der Waals surface area contributed by atoms with Gasteiger partial charge in [-0.1, -0.05) is 32.8 Å². The summed E-state index contributed by atoms with van der Waals surface area (Å²) >= 11 is 0. The van der Waals surface area contributed by atoms with Gasteiger partial charge in [0.25, 0.3) is 0 Å². The predicted octanol–water partition coefficient (Wildman–Crippen LogP) is 3.97. The summed E-state index contributed by atoms with van der Waals surface area (Å²) in [6.45, 7) is 6.74. The Labute approximate surface area is 156 Å². The Morgan fingerprint density at radius 1 is 1.19 bits per heavy atom. The molecule has 4 rings (SSSR count). The van der Waals surface area contributed by atoms with Crippen molar-refractivity contribution in [2.75, 3.05) is 0 Å². The van der Waals surface area contributed by atoms with Crippen LogP contribution in [0.2, 0.25) is 0 Å². The number of fused-ring (bicyclic) bond motifs is 5. The molecule has 0 bridgehead atoms. The number of carboxylic acid groups (broad SMARTS) is 1. The highest BCUT2D eigenvalue weighted by molar-refractivity contribution is 6.05. The summed E-state index contributed by atoms with van der Waals surface area (Å²) in [7, 11) is 0. The van der Waals surface area contributed by atoms with Gasteiger partial charge < -0.3 is 10.2 Å². The predicted molar refractivity (Wildman–Crippen MR) is 98.5 cm³/mol. The maximum Gasteiger partial charge on any atom is 0.314 e. The molecule has 0 aromatic carbocycles. The van der Waals surface area contributed by atoms with Crippen molar-refractivity contribution in [3.8, 4) is 0 Å². The third-order valence-corrected chi connectivity index (χ3v) is 9.20. The minimum Gasteiger partial charge on any atom is -0.481 e. The third kappa shape index (κ3) is 2.11. The van der Waals surface area contributed by atoms with Crippen LogP contribution >= 0.6 is 0 Å². The Bertz CT molecular complexity index is 682. The van der Waals surface area contributed by atoms with E-state index >= 15 is 0 Å². The number of hydrogen-bond donors (Lipinski definition) is 2. The monoisotopic (exact) mass is 360 g/mol. The van der Waals surface area contributed by atoms with Gasteiger partial charge >= 0.3 is 5.97 Å². The number of rotatable bonds is 2. The van der Waals surface area contributed by atoms with Crippen LogP contribution in [0.25, 0.3) is 0 Å². The second kappa shape index (κ2) is 5.67. The first kappa shape index (κ1) is 18.2. The summed E-state index contributed by atoms with van der Waals surface area (Å²) in [5, 5.41) is 21.5. The minimum absolute atomic E-state index is 0.225. The van der Waals surface area contributed by atoms with Crippen molar-refractivity contribution < 1.29 is 19.8 Å². The topological polar surface area (TPSA) is 74.6 Å². The van der Waals surface area contributed by atoms with Gasteiger partial charge in [0.2, 0.25) is 0 Å². The van der Waals surface area contributed by atoms with E-state index in [0.717, 1.165) is 37.2 Å². The molecule has 0 unspecified atom stereocenters. The van der Waals surface area contributed by atoms with Crippen molar-refractivity contribution in [2.45, 2.75) is 77.7 Å². The van der Waals surface area contributed by atoms with Crippen LogP contribution in [0.1, 0.15) is 72.1 Å². The van der Waals surface area contributed by atoms with Crippen LogP contribution in [0, 0.1) is 34.5 Å². The molecule has 0 aromatic rings. The van der Waals surface area contributed by atoms with Gasteiger partial charge in [-0.3, -0.25) is 9.59 Å². The van der Waals surface area contributed by atoms with Gasteiger partial charge in [-0.15, -0.1) is 0 Å². The highest BCUT2D eigenvalue weighted by Gasteiger charge is 2.66. The lowest BCUT2D eigenvalue weighted by Gasteiger charge is -2.63. The molecule has 26 heavy (non-hydrogen) atoms. The number of aliphatic carboxylic acids is 1. The van der Waals surface area contributed by atoms with Crippen LogP contribution < -0.4 is 0 Å². The van der Waals surface area contributed by atoms with Crippen LogP contribution in [0.15, 0.2) is 11.6 Å². The molecule has 144 valence electrons. The molecule has 4 nitrogen and oxygen atoms in total. The Balaban J connectivity index is 1.74. The number of carboxylic acids is 1. The molecular formula is C22H32O4. The van der Waals surface area contributed by atoms with E-state index in [-0.39, 0.29) is 18.1 Å². The molecule has 0 aromatic heterocycles. The van der Waals surface area contributed by atoms with E-state index in [4.69, 9.17) is 0 Å². The summed E-state index contributed by atoms with van der Waals surface area (Å²) in [6, 6.07) is 0. The lowest BCUT2D eigenvalue weighted by atomic mass is 9.44. The van der Waals surface area contributed by atoms with Gasteiger partial charge in [0.1, 0.15) is 5.92 Å². The van der Waals surface area contributed by atoms with Gasteiger partial charge in [-0.05, 0) is 74.2 Å². The maximum absolute atomic E-state index is 12.3. The van der Waals surface area contributed by atoms with Gasteiger partial charge in [-0.2, -0.15) is 0 Å². The second-order valence-corrected chi connectivity index (χ2v) is 9.86. The fourth-order valence-electron chi connectivity index (χ4n) is 7.56. The Hall–Kier alpha value is -1.16. The van der Waals surface area contributed by atoms with Crippen LogP contribution in [0.3, 0.4) is 0 Å². The number of carbonyl (C=O) groups excluding carboxylic acids is 1. The summed E-state index contributed by atoms with van der Waals surface area (Å²) in [5.41, 5.74) is -0.163. The molecule has 0 amide bonds. The molecule has 3 saturated carbocycles. The fraction of sp³-hybridized carbons (Fsp3) is 0.818. The molecule has 7 atom stereocenters. The van der Waals surface area contributed by atoms with Gasteiger partial charge in [0.05, 0.1) is 5.60 Å². The number of ketones is 1. The molecule has 0 spiro atoms. The summed E-state index contributed by atoms with van der Waals surface area (Å²) in [5.74, 6) is -0.870. The van der Waals surface area contributed by atoms with Crippen LogP contribution in [-0.4, -0.2) is 27.6 Å². The molecule has 0 saturated heterocycles. The van der Waals surface area contributed by atoms with E-state index in [1.54, 1.807) is 6.08 Å². The van der Waals surface area contributed by atoms with Crippen molar-refractivity contribution in [3.05, 3.63) is 11.6 Å². The highest BCUT2D eigenvalue weighted by atomic mass is 16.4. The molecule has 4 aliphatic carbocycles. The largest absolute Gasteiger partial charge is 0.481 e. The smallest absolute Gasteiger partial charge is 0.314 e. The van der Waals surface area contributed by atoms with Crippen molar-refractivity contribution in [3.63, 3.8) is 0 Å². The van der Waals surface area contributed by atoms with E-state index in [2.05, 4.69) is 13.8 Å². The lowest BCUT2D eigenvalue weighted by molar-refractivity contribution is -0.196.